The van der Waals surface area contributed by atoms with E-state index in [2.05, 4.69) is 15.9 Å². The van der Waals surface area contributed by atoms with E-state index in [1.165, 1.54) is 18.2 Å². The first kappa shape index (κ1) is 13.3. The number of aliphatic hydroxyl groups is 1. The molecule has 0 amide bonds. The third-order valence-corrected chi connectivity index (χ3v) is 3.20. The molecule has 0 unspecified atom stereocenters. The summed E-state index contributed by atoms with van der Waals surface area (Å²) in [7, 11) is 0. The minimum absolute atomic E-state index is 0.0813. The molecule has 0 saturated heterocycles. The van der Waals surface area contributed by atoms with Gasteiger partial charge >= 0.3 is 0 Å². The van der Waals surface area contributed by atoms with Crippen LogP contribution in [0.5, 0.6) is 11.5 Å². The zero-order valence-corrected chi connectivity index (χ0v) is 11.5. The van der Waals surface area contributed by atoms with Crippen molar-refractivity contribution in [3.8, 4) is 11.5 Å². The van der Waals surface area contributed by atoms with Crippen molar-refractivity contribution in [2.45, 2.75) is 6.61 Å². The van der Waals surface area contributed by atoms with Crippen LogP contribution < -0.4 is 4.74 Å². The molecular formula is C13H9BrClFO2. The normalized spacial score (nSPS) is 10.4. The monoisotopic (exact) mass is 330 g/mol. The Morgan fingerprint density at radius 3 is 2.61 bits per heavy atom. The molecule has 2 nitrogen and oxygen atoms in total. The van der Waals surface area contributed by atoms with E-state index in [1.54, 1.807) is 18.2 Å². The SMILES string of the molecule is OCc1ccc(Oc2ccc(F)c(Br)c2)c(Cl)c1. The van der Waals surface area contributed by atoms with Crippen LogP contribution in [-0.4, -0.2) is 5.11 Å². The van der Waals surface area contributed by atoms with Crippen molar-refractivity contribution in [1.82, 2.24) is 0 Å². The molecule has 0 aliphatic carbocycles. The molecule has 0 aliphatic heterocycles. The molecule has 0 radical (unpaired) electrons. The maximum Gasteiger partial charge on any atom is 0.146 e. The minimum Gasteiger partial charge on any atom is -0.456 e. The van der Waals surface area contributed by atoms with Crippen molar-refractivity contribution >= 4 is 27.5 Å². The summed E-state index contributed by atoms with van der Waals surface area (Å²) in [6, 6.07) is 9.32. The largest absolute Gasteiger partial charge is 0.456 e. The average molecular weight is 332 g/mol. The second-order valence-electron chi connectivity index (χ2n) is 3.60. The predicted molar refractivity (Wildman–Crippen MR) is 71.5 cm³/mol. The topological polar surface area (TPSA) is 29.5 Å². The first-order chi connectivity index (χ1) is 8.60. The third-order valence-electron chi connectivity index (χ3n) is 2.30. The molecule has 0 saturated carbocycles. The van der Waals surface area contributed by atoms with Gasteiger partial charge in [-0.1, -0.05) is 17.7 Å². The van der Waals surface area contributed by atoms with Crippen LogP contribution in [0.15, 0.2) is 40.9 Å². The number of hydrogen-bond acceptors (Lipinski definition) is 2. The Labute approximate surface area is 117 Å². The number of ether oxygens (including phenoxy) is 1. The lowest BCUT2D eigenvalue weighted by molar-refractivity contribution is 0.281. The van der Waals surface area contributed by atoms with Gasteiger partial charge in [0.15, 0.2) is 0 Å². The van der Waals surface area contributed by atoms with Gasteiger partial charge in [0.2, 0.25) is 0 Å². The minimum atomic E-state index is -0.357. The van der Waals surface area contributed by atoms with Crippen molar-refractivity contribution in [2.24, 2.45) is 0 Å². The Morgan fingerprint density at radius 1 is 1.22 bits per heavy atom. The molecule has 0 fully saturated rings. The molecule has 0 heterocycles. The fourth-order valence-corrected chi connectivity index (χ4v) is 1.99. The standard InChI is InChI=1S/C13H9BrClFO2/c14-10-6-9(2-3-12(10)16)18-13-4-1-8(7-17)5-11(13)15/h1-6,17H,7H2. The molecule has 2 rings (SSSR count). The quantitative estimate of drug-likeness (QED) is 0.895. The summed E-state index contributed by atoms with van der Waals surface area (Å²) < 4.78 is 18.9. The Kier molecular flexibility index (Phi) is 4.22. The maximum atomic E-state index is 13.1. The van der Waals surface area contributed by atoms with Crippen LogP contribution in [-0.2, 0) is 6.61 Å². The number of halogens is 3. The van der Waals surface area contributed by atoms with Crippen molar-refractivity contribution in [2.75, 3.05) is 0 Å². The molecule has 0 aromatic heterocycles. The van der Waals surface area contributed by atoms with E-state index in [-0.39, 0.29) is 12.4 Å². The second-order valence-corrected chi connectivity index (χ2v) is 4.86. The van der Waals surface area contributed by atoms with E-state index in [0.29, 0.717) is 26.6 Å². The van der Waals surface area contributed by atoms with E-state index in [1.807, 2.05) is 0 Å². The van der Waals surface area contributed by atoms with Crippen LogP contribution in [0.2, 0.25) is 5.02 Å². The highest BCUT2D eigenvalue weighted by molar-refractivity contribution is 9.10. The molecule has 2 aromatic carbocycles. The summed E-state index contributed by atoms with van der Waals surface area (Å²) in [5.74, 6) is 0.568. The van der Waals surface area contributed by atoms with Gasteiger partial charge in [-0.05, 0) is 51.8 Å². The van der Waals surface area contributed by atoms with Gasteiger partial charge < -0.3 is 9.84 Å². The van der Waals surface area contributed by atoms with E-state index < -0.39 is 0 Å². The number of rotatable bonds is 3. The third kappa shape index (κ3) is 3.02. The van der Waals surface area contributed by atoms with Gasteiger partial charge in [0.05, 0.1) is 16.1 Å². The van der Waals surface area contributed by atoms with Crippen LogP contribution in [0, 0.1) is 5.82 Å². The van der Waals surface area contributed by atoms with Gasteiger partial charge in [0, 0.05) is 0 Å². The van der Waals surface area contributed by atoms with Gasteiger partial charge in [0.25, 0.3) is 0 Å². The summed E-state index contributed by atoms with van der Waals surface area (Å²) in [4.78, 5) is 0. The van der Waals surface area contributed by atoms with Crippen molar-refractivity contribution in [3.05, 3.63) is 57.3 Å². The molecule has 5 heteroatoms. The summed E-state index contributed by atoms with van der Waals surface area (Å²) >= 11 is 9.09. The summed E-state index contributed by atoms with van der Waals surface area (Å²) in [6.45, 7) is -0.0813. The maximum absolute atomic E-state index is 13.1. The van der Waals surface area contributed by atoms with Gasteiger partial charge in [0.1, 0.15) is 17.3 Å². The molecule has 0 spiro atoms. The first-order valence-electron chi connectivity index (χ1n) is 5.12. The zero-order valence-electron chi connectivity index (χ0n) is 9.16. The van der Waals surface area contributed by atoms with E-state index in [0.717, 1.165) is 0 Å². The lowest BCUT2D eigenvalue weighted by Gasteiger charge is -2.09. The van der Waals surface area contributed by atoms with E-state index in [4.69, 9.17) is 21.4 Å². The molecule has 18 heavy (non-hydrogen) atoms. The Morgan fingerprint density at radius 2 is 2.00 bits per heavy atom. The summed E-state index contributed by atoms with van der Waals surface area (Å²) in [6.07, 6.45) is 0. The van der Waals surface area contributed by atoms with Crippen LogP contribution in [0.25, 0.3) is 0 Å². The predicted octanol–water partition coefficient (Wildman–Crippen LogP) is 4.53. The van der Waals surface area contributed by atoms with Crippen LogP contribution in [0.4, 0.5) is 4.39 Å². The molecule has 94 valence electrons. The van der Waals surface area contributed by atoms with Gasteiger partial charge in [-0.25, -0.2) is 4.39 Å². The Bertz CT molecular complexity index is 575. The molecule has 0 atom stereocenters. The fraction of sp³-hybridized carbons (Fsp3) is 0.0769. The Hall–Kier alpha value is -1.10. The highest BCUT2D eigenvalue weighted by Crippen LogP contribution is 2.31. The summed E-state index contributed by atoms with van der Waals surface area (Å²) in [5, 5.41) is 9.35. The van der Waals surface area contributed by atoms with Gasteiger partial charge in [-0.2, -0.15) is 0 Å². The Balaban J connectivity index is 2.25. The number of aliphatic hydroxyl groups excluding tert-OH is 1. The average Bonchev–Trinajstić information content (AvgIpc) is 2.36. The summed E-state index contributed by atoms with van der Waals surface area (Å²) in [5.41, 5.74) is 0.702. The number of hydrogen-bond donors (Lipinski definition) is 1. The lowest BCUT2D eigenvalue weighted by atomic mass is 10.2. The van der Waals surface area contributed by atoms with Crippen molar-refractivity contribution in [3.63, 3.8) is 0 Å². The highest BCUT2D eigenvalue weighted by Gasteiger charge is 2.06. The fourth-order valence-electron chi connectivity index (χ4n) is 1.39. The molecule has 1 N–H and O–H groups in total. The van der Waals surface area contributed by atoms with Crippen molar-refractivity contribution < 1.29 is 14.2 Å². The van der Waals surface area contributed by atoms with Gasteiger partial charge in [-0.15, -0.1) is 0 Å². The second kappa shape index (κ2) is 5.69. The van der Waals surface area contributed by atoms with E-state index in [9.17, 15) is 4.39 Å². The molecule has 0 bridgehead atoms. The van der Waals surface area contributed by atoms with Gasteiger partial charge in [-0.3, -0.25) is 0 Å². The smallest absolute Gasteiger partial charge is 0.146 e. The van der Waals surface area contributed by atoms with Crippen LogP contribution in [0.3, 0.4) is 0 Å². The number of benzene rings is 2. The van der Waals surface area contributed by atoms with Crippen LogP contribution in [0.1, 0.15) is 5.56 Å². The van der Waals surface area contributed by atoms with Crippen LogP contribution >= 0.6 is 27.5 Å². The highest BCUT2D eigenvalue weighted by atomic mass is 79.9. The van der Waals surface area contributed by atoms with Crippen molar-refractivity contribution in [1.29, 1.82) is 0 Å². The zero-order chi connectivity index (χ0) is 13.1. The molecule has 0 aliphatic rings. The molecule has 2 aromatic rings. The lowest BCUT2D eigenvalue weighted by Crippen LogP contribution is -1.89. The molecular weight excluding hydrogens is 322 g/mol. The first-order valence-corrected chi connectivity index (χ1v) is 6.29. The van der Waals surface area contributed by atoms with E-state index >= 15 is 0 Å².